The molecule has 4 aromatic rings. The molecule has 1 unspecified atom stereocenters. The summed E-state index contributed by atoms with van der Waals surface area (Å²) in [7, 11) is 0. The van der Waals surface area contributed by atoms with Crippen molar-refractivity contribution >= 4 is 28.6 Å². The largest absolute Gasteiger partial charge is 0.466 e. The minimum atomic E-state index is -0.259. The number of aromatic nitrogens is 2. The van der Waals surface area contributed by atoms with Crippen molar-refractivity contribution in [3.05, 3.63) is 64.7 Å². The van der Waals surface area contributed by atoms with Gasteiger partial charge in [0.1, 0.15) is 11.5 Å². The zero-order valence-corrected chi connectivity index (χ0v) is 19.6. The molecule has 0 aliphatic heterocycles. The second-order valence-electron chi connectivity index (χ2n) is 8.91. The fourth-order valence-corrected chi connectivity index (χ4v) is 4.10. The molecule has 0 bridgehead atoms. The molecule has 1 aromatic carbocycles. The van der Waals surface area contributed by atoms with E-state index in [4.69, 9.17) is 8.94 Å². The Morgan fingerprint density at radius 2 is 1.82 bits per heavy atom. The number of pyridine rings is 1. The number of carbonyl (C=O) groups excluding carboxylic acids is 2. The fraction of sp³-hybridized carbons (Fsp3) is 0.308. The normalized spacial score (nSPS) is 14.2. The van der Waals surface area contributed by atoms with E-state index in [1.807, 2.05) is 51.1 Å². The van der Waals surface area contributed by atoms with Crippen LogP contribution in [-0.4, -0.2) is 22.0 Å². The SMILES string of the molecule is Cc1cc(-c2cc(C(=O)NC(C)c3ccc(NC(=O)C4CC4)cc3)c3c(C)noc3n2)c(C)o1. The van der Waals surface area contributed by atoms with E-state index >= 15 is 0 Å². The van der Waals surface area contributed by atoms with Crippen molar-refractivity contribution in [3.63, 3.8) is 0 Å². The molecule has 34 heavy (non-hydrogen) atoms. The van der Waals surface area contributed by atoms with E-state index < -0.39 is 0 Å². The lowest BCUT2D eigenvalue weighted by Gasteiger charge is -2.16. The van der Waals surface area contributed by atoms with Gasteiger partial charge in [-0.05, 0) is 70.4 Å². The van der Waals surface area contributed by atoms with Gasteiger partial charge in [-0.25, -0.2) is 4.98 Å². The van der Waals surface area contributed by atoms with Crippen molar-refractivity contribution in [1.82, 2.24) is 15.5 Å². The highest BCUT2D eigenvalue weighted by atomic mass is 16.5. The molecule has 3 heterocycles. The van der Waals surface area contributed by atoms with Gasteiger partial charge in [-0.15, -0.1) is 0 Å². The summed E-state index contributed by atoms with van der Waals surface area (Å²) < 4.78 is 11.0. The lowest BCUT2D eigenvalue weighted by molar-refractivity contribution is -0.117. The van der Waals surface area contributed by atoms with Crippen LogP contribution >= 0.6 is 0 Å². The van der Waals surface area contributed by atoms with E-state index in [1.54, 1.807) is 13.0 Å². The molecular formula is C26H26N4O4. The number of hydrogen-bond donors (Lipinski definition) is 2. The topological polar surface area (TPSA) is 110 Å². The Kier molecular flexibility index (Phi) is 5.43. The summed E-state index contributed by atoms with van der Waals surface area (Å²) in [6, 6.07) is 10.9. The van der Waals surface area contributed by atoms with Crippen LogP contribution in [0, 0.1) is 26.7 Å². The quantitative estimate of drug-likeness (QED) is 0.408. The van der Waals surface area contributed by atoms with Gasteiger partial charge in [-0.3, -0.25) is 9.59 Å². The number of anilines is 1. The molecule has 1 atom stereocenters. The molecule has 0 spiro atoms. The maximum absolute atomic E-state index is 13.4. The molecule has 8 nitrogen and oxygen atoms in total. The predicted octanol–water partition coefficient (Wildman–Crippen LogP) is 5.25. The lowest BCUT2D eigenvalue weighted by Crippen LogP contribution is -2.27. The number of carbonyl (C=O) groups is 2. The Morgan fingerprint density at radius 3 is 2.47 bits per heavy atom. The molecule has 2 amide bonds. The second kappa shape index (κ2) is 8.44. The number of hydrogen-bond acceptors (Lipinski definition) is 6. The summed E-state index contributed by atoms with van der Waals surface area (Å²) >= 11 is 0. The van der Waals surface area contributed by atoms with Gasteiger partial charge in [-0.1, -0.05) is 17.3 Å². The number of amides is 2. The zero-order chi connectivity index (χ0) is 24.0. The maximum Gasteiger partial charge on any atom is 0.259 e. The Morgan fingerprint density at radius 1 is 1.09 bits per heavy atom. The predicted molar refractivity (Wildman–Crippen MR) is 127 cm³/mol. The number of nitrogens with zero attached hydrogens (tertiary/aromatic N) is 2. The molecule has 174 valence electrons. The Balaban J connectivity index is 1.40. The molecule has 5 rings (SSSR count). The van der Waals surface area contributed by atoms with Gasteiger partial charge >= 0.3 is 0 Å². The first-order chi connectivity index (χ1) is 16.3. The summed E-state index contributed by atoms with van der Waals surface area (Å²) in [5, 5.41) is 10.6. The molecule has 3 aromatic heterocycles. The second-order valence-corrected chi connectivity index (χ2v) is 8.91. The standard InChI is InChI=1S/C26H26N4O4/c1-13-11-20(16(4)33-13)22-12-21(23-15(3)30-34-26(23)29-22)25(32)27-14(2)17-7-9-19(10-8-17)28-24(31)18-5-6-18/h7-12,14,18H,5-6H2,1-4H3,(H,27,32)(H,28,31). The van der Waals surface area contributed by atoms with Crippen molar-refractivity contribution in [2.45, 2.75) is 46.6 Å². The third-order valence-corrected chi connectivity index (χ3v) is 6.15. The van der Waals surface area contributed by atoms with Gasteiger partial charge in [0.05, 0.1) is 28.4 Å². The van der Waals surface area contributed by atoms with Crippen LogP contribution < -0.4 is 10.6 Å². The van der Waals surface area contributed by atoms with Gasteiger partial charge in [0.25, 0.3) is 11.6 Å². The molecule has 8 heteroatoms. The van der Waals surface area contributed by atoms with Crippen LogP contribution in [0.25, 0.3) is 22.4 Å². The molecule has 0 saturated heterocycles. The van der Waals surface area contributed by atoms with E-state index in [0.29, 0.717) is 33.8 Å². The molecular weight excluding hydrogens is 432 g/mol. The smallest absolute Gasteiger partial charge is 0.259 e. The van der Waals surface area contributed by atoms with Gasteiger partial charge in [0.15, 0.2) is 0 Å². The van der Waals surface area contributed by atoms with Crippen molar-refractivity contribution in [3.8, 4) is 11.3 Å². The minimum Gasteiger partial charge on any atom is -0.466 e. The number of aryl methyl sites for hydroxylation is 3. The van der Waals surface area contributed by atoms with Crippen molar-refractivity contribution in [2.24, 2.45) is 5.92 Å². The van der Waals surface area contributed by atoms with Crippen molar-refractivity contribution in [2.75, 3.05) is 5.32 Å². The van der Waals surface area contributed by atoms with Crippen LogP contribution in [0.3, 0.4) is 0 Å². The molecule has 1 fully saturated rings. The minimum absolute atomic E-state index is 0.0683. The van der Waals surface area contributed by atoms with Gasteiger partial charge in [0.2, 0.25) is 5.91 Å². The Labute approximate surface area is 196 Å². The number of fused-ring (bicyclic) bond motifs is 1. The molecule has 0 radical (unpaired) electrons. The third kappa shape index (κ3) is 4.19. The average Bonchev–Trinajstić information content (AvgIpc) is 3.52. The van der Waals surface area contributed by atoms with Crippen LogP contribution in [0.1, 0.15) is 58.9 Å². The number of benzene rings is 1. The Bertz CT molecular complexity index is 1400. The van der Waals surface area contributed by atoms with Crippen molar-refractivity contribution in [1.29, 1.82) is 0 Å². The van der Waals surface area contributed by atoms with E-state index in [-0.39, 0.29) is 23.8 Å². The van der Waals surface area contributed by atoms with E-state index in [2.05, 4.69) is 20.8 Å². The highest BCUT2D eigenvalue weighted by Crippen LogP contribution is 2.32. The van der Waals surface area contributed by atoms with E-state index in [9.17, 15) is 9.59 Å². The lowest BCUT2D eigenvalue weighted by atomic mass is 10.0. The van der Waals surface area contributed by atoms with Crippen LogP contribution in [0.4, 0.5) is 5.69 Å². The van der Waals surface area contributed by atoms with Crippen molar-refractivity contribution < 1.29 is 18.5 Å². The first-order valence-electron chi connectivity index (χ1n) is 11.4. The number of rotatable bonds is 6. The first kappa shape index (κ1) is 21.9. The molecule has 1 saturated carbocycles. The van der Waals surface area contributed by atoms with Gasteiger partial charge in [-0.2, -0.15) is 0 Å². The maximum atomic E-state index is 13.4. The first-order valence-corrected chi connectivity index (χ1v) is 11.4. The number of furan rings is 1. The zero-order valence-electron chi connectivity index (χ0n) is 19.6. The van der Waals surface area contributed by atoms with Crippen LogP contribution in [0.2, 0.25) is 0 Å². The summed E-state index contributed by atoms with van der Waals surface area (Å²) in [6.07, 6.45) is 1.92. The molecule has 1 aliphatic carbocycles. The highest BCUT2D eigenvalue weighted by Gasteiger charge is 2.29. The summed E-state index contributed by atoms with van der Waals surface area (Å²) in [4.78, 5) is 29.9. The van der Waals surface area contributed by atoms with E-state index in [1.165, 1.54) is 0 Å². The van der Waals surface area contributed by atoms with Crippen LogP contribution in [0.5, 0.6) is 0 Å². The summed E-state index contributed by atoms with van der Waals surface area (Å²) in [5.41, 5.74) is 4.42. The molecule has 1 aliphatic rings. The fourth-order valence-electron chi connectivity index (χ4n) is 4.10. The van der Waals surface area contributed by atoms with Crippen LogP contribution in [-0.2, 0) is 4.79 Å². The summed E-state index contributed by atoms with van der Waals surface area (Å²) in [5.74, 6) is 1.44. The monoisotopic (exact) mass is 458 g/mol. The Hall–Kier alpha value is -3.94. The summed E-state index contributed by atoms with van der Waals surface area (Å²) in [6.45, 7) is 7.43. The van der Waals surface area contributed by atoms with E-state index in [0.717, 1.165) is 35.4 Å². The average molecular weight is 459 g/mol. The molecule has 2 N–H and O–H groups in total. The van der Waals surface area contributed by atoms with Gasteiger partial charge in [0, 0.05) is 17.2 Å². The van der Waals surface area contributed by atoms with Crippen LogP contribution in [0.15, 0.2) is 45.3 Å². The third-order valence-electron chi connectivity index (χ3n) is 6.15. The highest BCUT2D eigenvalue weighted by molar-refractivity contribution is 6.07. The van der Waals surface area contributed by atoms with Gasteiger partial charge < -0.3 is 19.6 Å². The number of nitrogens with one attached hydrogen (secondary N) is 2.